The maximum absolute atomic E-state index is 13.1. The first-order valence-electron chi connectivity index (χ1n) is 14.8. The lowest BCUT2D eigenvalue weighted by Crippen LogP contribution is -2.73. The van der Waals surface area contributed by atoms with Crippen LogP contribution < -0.4 is 5.32 Å². The van der Waals surface area contributed by atoms with Crippen LogP contribution in [0.3, 0.4) is 0 Å². The van der Waals surface area contributed by atoms with E-state index >= 15 is 0 Å². The third-order valence-corrected chi connectivity index (χ3v) is 10.3. The third-order valence-electron chi connectivity index (χ3n) is 9.97. The number of carbonyl (C=O) groups is 3. The molecule has 8 heteroatoms. The van der Waals surface area contributed by atoms with Crippen molar-refractivity contribution >= 4 is 29.3 Å². The molecule has 4 heterocycles. The van der Waals surface area contributed by atoms with Gasteiger partial charge in [0.25, 0.3) is 5.91 Å². The van der Waals surface area contributed by atoms with Crippen molar-refractivity contribution in [3.05, 3.63) is 69.7 Å². The molecule has 2 aromatic carbocycles. The van der Waals surface area contributed by atoms with E-state index in [4.69, 9.17) is 11.6 Å². The van der Waals surface area contributed by atoms with Gasteiger partial charge >= 0.3 is 0 Å². The molecular weight excluding hydrogens is 524 g/mol. The van der Waals surface area contributed by atoms with Gasteiger partial charge < -0.3 is 4.90 Å². The quantitative estimate of drug-likeness (QED) is 0.540. The summed E-state index contributed by atoms with van der Waals surface area (Å²) in [4.78, 5) is 44.0. The Labute approximate surface area is 240 Å². The normalized spacial score (nSPS) is 28.3. The molecule has 7 nitrogen and oxygen atoms in total. The molecule has 210 valence electrons. The molecule has 0 radical (unpaired) electrons. The topological polar surface area (TPSA) is 73.0 Å². The molecule has 1 unspecified atom stereocenters. The zero-order valence-electron chi connectivity index (χ0n) is 22.9. The standard InChI is InChI=1S/C32H37ClN4O3/c33-26-7-3-1-6-23(26)15-35-17-32(18-35)19-36(20-32)27-8-4-2-5-22(27)13-21-9-10-25-24(14-21)16-37(31(25)40)28-11-12-29(38)34-30(28)39/h1,3,6-7,9-10,14,22,27-28H,2,4-5,8,11-13,15-20H2,(H,34,38,39)/t22-,27+,28?/m1/s1. The van der Waals surface area contributed by atoms with Crippen LogP contribution >= 0.6 is 11.6 Å². The number of rotatable bonds is 6. The van der Waals surface area contributed by atoms with Crippen molar-refractivity contribution in [2.75, 3.05) is 26.2 Å². The van der Waals surface area contributed by atoms with Gasteiger partial charge in [-0.05, 0) is 60.4 Å². The number of hydrogen-bond donors (Lipinski definition) is 1. The number of fused-ring (bicyclic) bond motifs is 1. The second-order valence-electron chi connectivity index (χ2n) is 12.8. The van der Waals surface area contributed by atoms with Gasteiger partial charge in [-0.3, -0.25) is 29.5 Å². The highest BCUT2D eigenvalue weighted by Crippen LogP contribution is 2.45. The van der Waals surface area contributed by atoms with Gasteiger partial charge in [0.15, 0.2) is 0 Å². The van der Waals surface area contributed by atoms with Crippen LogP contribution in [0.25, 0.3) is 0 Å². The fourth-order valence-electron chi connectivity index (χ4n) is 8.10. The van der Waals surface area contributed by atoms with E-state index in [-0.39, 0.29) is 24.1 Å². The number of nitrogens with one attached hydrogen (secondary N) is 1. The summed E-state index contributed by atoms with van der Waals surface area (Å²) in [6, 6.07) is 14.5. The predicted octanol–water partition coefficient (Wildman–Crippen LogP) is 4.02. The zero-order valence-corrected chi connectivity index (χ0v) is 23.7. The van der Waals surface area contributed by atoms with E-state index in [0.717, 1.165) is 36.6 Å². The van der Waals surface area contributed by atoms with Crippen LogP contribution in [-0.2, 0) is 29.1 Å². The molecule has 3 amide bonds. The summed E-state index contributed by atoms with van der Waals surface area (Å²) in [6.07, 6.45) is 6.84. The number of halogens is 1. The molecule has 0 aromatic heterocycles. The molecule has 2 aromatic rings. The highest BCUT2D eigenvalue weighted by atomic mass is 35.5. The second-order valence-corrected chi connectivity index (χ2v) is 13.3. The van der Waals surface area contributed by atoms with E-state index < -0.39 is 6.04 Å². The minimum Gasteiger partial charge on any atom is -0.322 e. The second kappa shape index (κ2) is 10.3. The van der Waals surface area contributed by atoms with E-state index in [0.29, 0.717) is 35.9 Å². The zero-order chi connectivity index (χ0) is 27.4. The first kappa shape index (κ1) is 26.2. The SMILES string of the molecule is O=C1CCC(N2Cc3cc(C[C@H]4CCCC[C@@H]4N4CC5(CN(Cc6ccccc6Cl)C5)C4)ccc3C2=O)C(=O)N1. The van der Waals surface area contributed by atoms with E-state index in [1.54, 1.807) is 4.90 Å². The minimum atomic E-state index is -0.561. The maximum atomic E-state index is 13.1. The Bertz CT molecular complexity index is 1350. The lowest BCUT2D eigenvalue weighted by atomic mass is 9.69. The Hall–Kier alpha value is -2.74. The van der Waals surface area contributed by atoms with Crippen LogP contribution in [0.5, 0.6) is 0 Å². The summed E-state index contributed by atoms with van der Waals surface area (Å²) in [7, 11) is 0. The summed E-state index contributed by atoms with van der Waals surface area (Å²) >= 11 is 6.39. The van der Waals surface area contributed by atoms with Crippen molar-refractivity contribution in [3.63, 3.8) is 0 Å². The number of hydrogen-bond acceptors (Lipinski definition) is 5. The lowest BCUT2D eigenvalue weighted by molar-refractivity contribution is -0.144. The first-order valence-corrected chi connectivity index (χ1v) is 15.2. The van der Waals surface area contributed by atoms with Crippen LogP contribution in [0.1, 0.15) is 65.6 Å². The largest absolute Gasteiger partial charge is 0.322 e. The molecule has 5 aliphatic rings. The van der Waals surface area contributed by atoms with Gasteiger partial charge in [0, 0.05) is 67.7 Å². The van der Waals surface area contributed by atoms with Crippen LogP contribution in [0.2, 0.25) is 5.02 Å². The van der Waals surface area contributed by atoms with Gasteiger partial charge in [-0.15, -0.1) is 0 Å². The molecular formula is C32H37ClN4O3. The highest BCUT2D eigenvalue weighted by molar-refractivity contribution is 6.31. The van der Waals surface area contributed by atoms with Gasteiger partial charge in [-0.2, -0.15) is 0 Å². The molecule has 3 saturated heterocycles. The first-order chi connectivity index (χ1) is 19.4. The third kappa shape index (κ3) is 4.76. The molecule has 1 saturated carbocycles. The molecule has 1 aliphatic carbocycles. The van der Waals surface area contributed by atoms with Crippen molar-refractivity contribution in [1.29, 1.82) is 0 Å². The van der Waals surface area contributed by atoms with Gasteiger partial charge in [-0.1, -0.05) is 54.8 Å². The Kier molecular flexibility index (Phi) is 6.72. The monoisotopic (exact) mass is 560 g/mol. The average Bonchev–Trinajstić information content (AvgIpc) is 3.21. The fourth-order valence-corrected chi connectivity index (χ4v) is 8.29. The number of amides is 3. The Balaban J connectivity index is 0.962. The van der Waals surface area contributed by atoms with Crippen LogP contribution in [0.15, 0.2) is 42.5 Å². The average molecular weight is 561 g/mol. The summed E-state index contributed by atoms with van der Waals surface area (Å²) in [6.45, 7) is 6.11. The van der Waals surface area contributed by atoms with Crippen molar-refractivity contribution in [2.45, 2.75) is 70.1 Å². The Morgan fingerprint density at radius 3 is 2.55 bits per heavy atom. The van der Waals surface area contributed by atoms with Crippen LogP contribution in [0, 0.1) is 11.3 Å². The smallest absolute Gasteiger partial charge is 0.255 e. The summed E-state index contributed by atoms with van der Waals surface area (Å²) < 4.78 is 0. The van der Waals surface area contributed by atoms with Gasteiger partial charge in [0.05, 0.1) is 0 Å². The summed E-state index contributed by atoms with van der Waals surface area (Å²) in [5.41, 5.74) is 4.67. The van der Waals surface area contributed by atoms with Gasteiger partial charge in [-0.25, -0.2) is 0 Å². The number of imide groups is 1. The molecule has 1 spiro atoms. The van der Waals surface area contributed by atoms with Crippen molar-refractivity contribution in [1.82, 2.24) is 20.0 Å². The molecule has 4 fully saturated rings. The maximum Gasteiger partial charge on any atom is 0.255 e. The molecule has 0 bridgehead atoms. The lowest BCUT2D eigenvalue weighted by Gasteiger charge is -2.63. The van der Waals surface area contributed by atoms with E-state index in [9.17, 15) is 14.4 Å². The van der Waals surface area contributed by atoms with E-state index in [1.165, 1.54) is 49.9 Å². The van der Waals surface area contributed by atoms with Gasteiger partial charge in [0.1, 0.15) is 6.04 Å². The molecule has 40 heavy (non-hydrogen) atoms. The molecule has 1 N–H and O–H groups in total. The number of likely N-dealkylation sites (tertiary alicyclic amines) is 2. The fraction of sp³-hybridized carbons (Fsp3) is 0.531. The molecule has 7 rings (SSSR count). The summed E-state index contributed by atoms with van der Waals surface area (Å²) in [5, 5.41) is 3.25. The number of benzene rings is 2. The molecule has 4 aliphatic heterocycles. The molecule has 3 atom stereocenters. The van der Waals surface area contributed by atoms with Crippen LogP contribution in [-0.4, -0.2) is 70.7 Å². The summed E-state index contributed by atoms with van der Waals surface area (Å²) in [5.74, 6) is -0.0728. The van der Waals surface area contributed by atoms with Gasteiger partial charge in [0.2, 0.25) is 11.8 Å². The Morgan fingerprint density at radius 1 is 0.950 bits per heavy atom. The Morgan fingerprint density at radius 2 is 1.75 bits per heavy atom. The van der Waals surface area contributed by atoms with Crippen molar-refractivity contribution in [3.8, 4) is 0 Å². The highest BCUT2D eigenvalue weighted by Gasteiger charge is 2.53. The van der Waals surface area contributed by atoms with E-state index in [1.807, 2.05) is 18.2 Å². The number of nitrogens with zero attached hydrogens (tertiary/aromatic N) is 3. The van der Waals surface area contributed by atoms with Crippen LogP contribution in [0.4, 0.5) is 0 Å². The number of piperidine rings is 1. The predicted molar refractivity (Wildman–Crippen MR) is 153 cm³/mol. The number of carbonyl (C=O) groups excluding carboxylic acids is 3. The minimum absolute atomic E-state index is 0.0958. The van der Waals surface area contributed by atoms with Crippen molar-refractivity contribution < 1.29 is 14.4 Å². The van der Waals surface area contributed by atoms with Crippen molar-refractivity contribution in [2.24, 2.45) is 11.3 Å². The van der Waals surface area contributed by atoms with E-state index in [2.05, 4.69) is 39.4 Å².